The average molecular weight is 461 g/mol. The van der Waals surface area contributed by atoms with E-state index in [0.29, 0.717) is 0 Å². The van der Waals surface area contributed by atoms with Gasteiger partial charge in [0.25, 0.3) is 0 Å². The maximum atomic E-state index is 6.52. The van der Waals surface area contributed by atoms with Crippen LogP contribution in [0.3, 0.4) is 0 Å². The lowest BCUT2D eigenvalue weighted by Crippen LogP contribution is -2.32. The summed E-state index contributed by atoms with van der Waals surface area (Å²) < 4.78 is 7.65. The lowest BCUT2D eigenvalue weighted by atomic mass is 9.66. The van der Waals surface area contributed by atoms with Gasteiger partial charge in [0, 0.05) is 21.2 Å². The van der Waals surface area contributed by atoms with Crippen LogP contribution in [-0.2, 0) is 5.41 Å². The summed E-state index contributed by atoms with van der Waals surface area (Å²) in [5, 5.41) is 2.42. The van der Waals surface area contributed by atoms with Crippen LogP contribution in [0.5, 0.6) is 11.5 Å². The fourth-order valence-electron chi connectivity index (χ4n) is 5.59. The SMILES string of the molecule is Brc1cccc2c1-c1ccccc1C21c2ccccc2Oc2cc3ccccc3cc21. The molecule has 0 amide bonds. The Balaban J connectivity index is 1.73. The molecule has 0 N–H and O–H groups in total. The Kier molecular flexibility index (Phi) is 3.40. The van der Waals surface area contributed by atoms with Gasteiger partial charge in [0.15, 0.2) is 0 Å². The Labute approximate surface area is 189 Å². The van der Waals surface area contributed by atoms with Crippen LogP contribution < -0.4 is 4.74 Å². The van der Waals surface area contributed by atoms with E-state index in [1.165, 1.54) is 44.2 Å². The van der Waals surface area contributed by atoms with Gasteiger partial charge in [-0.25, -0.2) is 0 Å². The predicted octanol–water partition coefficient (Wildman–Crippen LogP) is 8.07. The molecule has 1 unspecified atom stereocenters. The molecule has 1 heterocycles. The standard InChI is InChI=1S/C29H17BrO/c30-25-14-7-13-23-28(25)20-10-3-4-11-21(20)29(23)22-12-5-6-15-26(22)31-27-17-19-9-2-1-8-18(19)16-24(27)29/h1-17H. The highest BCUT2D eigenvalue weighted by Gasteiger charge is 2.51. The van der Waals surface area contributed by atoms with Crippen LogP contribution in [-0.4, -0.2) is 0 Å². The van der Waals surface area contributed by atoms with Crippen molar-refractivity contribution in [2.75, 3.05) is 0 Å². The monoisotopic (exact) mass is 460 g/mol. The maximum absolute atomic E-state index is 6.52. The molecule has 0 saturated heterocycles. The van der Waals surface area contributed by atoms with Crippen molar-refractivity contribution in [3.8, 4) is 22.6 Å². The molecule has 2 aliphatic rings. The third-order valence-electron chi connectivity index (χ3n) is 6.78. The van der Waals surface area contributed by atoms with Crippen LogP contribution in [0.25, 0.3) is 21.9 Å². The summed E-state index contributed by atoms with van der Waals surface area (Å²) in [4.78, 5) is 0. The van der Waals surface area contributed by atoms with E-state index in [2.05, 4.69) is 119 Å². The van der Waals surface area contributed by atoms with Crippen molar-refractivity contribution in [1.29, 1.82) is 0 Å². The fraction of sp³-hybridized carbons (Fsp3) is 0.0345. The summed E-state index contributed by atoms with van der Waals surface area (Å²) in [6.45, 7) is 0. The summed E-state index contributed by atoms with van der Waals surface area (Å²) >= 11 is 3.86. The van der Waals surface area contributed by atoms with Gasteiger partial charge in [-0.05, 0) is 51.7 Å². The maximum Gasteiger partial charge on any atom is 0.132 e. The molecule has 2 heteroatoms. The first-order valence-electron chi connectivity index (χ1n) is 10.5. The Morgan fingerprint density at radius 3 is 2.10 bits per heavy atom. The second-order valence-electron chi connectivity index (χ2n) is 8.25. The van der Waals surface area contributed by atoms with E-state index in [1.807, 2.05) is 0 Å². The van der Waals surface area contributed by atoms with Crippen molar-refractivity contribution in [2.24, 2.45) is 0 Å². The Hall–Kier alpha value is -3.36. The molecule has 0 bridgehead atoms. The second kappa shape index (κ2) is 6.09. The molecule has 146 valence electrons. The van der Waals surface area contributed by atoms with Gasteiger partial charge < -0.3 is 4.74 Å². The lowest BCUT2D eigenvalue weighted by molar-refractivity contribution is 0.437. The predicted molar refractivity (Wildman–Crippen MR) is 129 cm³/mol. The fourth-order valence-corrected chi connectivity index (χ4v) is 6.17. The highest BCUT2D eigenvalue weighted by atomic mass is 79.9. The van der Waals surface area contributed by atoms with Crippen molar-refractivity contribution in [3.05, 3.63) is 130 Å². The molecule has 1 aliphatic carbocycles. The number of hydrogen-bond acceptors (Lipinski definition) is 1. The first-order valence-corrected chi connectivity index (χ1v) is 11.3. The smallest absolute Gasteiger partial charge is 0.132 e. The molecule has 1 atom stereocenters. The zero-order valence-electron chi connectivity index (χ0n) is 16.6. The minimum Gasteiger partial charge on any atom is -0.457 e. The van der Waals surface area contributed by atoms with Gasteiger partial charge in [0.2, 0.25) is 0 Å². The van der Waals surface area contributed by atoms with E-state index in [9.17, 15) is 0 Å². The van der Waals surface area contributed by atoms with Gasteiger partial charge in [-0.3, -0.25) is 0 Å². The normalized spacial score (nSPS) is 17.6. The number of para-hydroxylation sites is 1. The number of fused-ring (bicyclic) bond motifs is 10. The minimum absolute atomic E-state index is 0.413. The second-order valence-corrected chi connectivity index (χ2v) is 9.11. The van der Waals surface area contributed by atoms with Crippen molar-refractivity contribution >= 4 is 26.7 Å². The summed E-state index contributed by atoms with van der Waals surface area (Å²) in [5.41, 5.74) is 7.15. The molecule has 31 heavy (non-hydrogen) atoms. The van der Waals surface area contributed by atoms with Crippen molar-refractivity contribution < 1.29 is 4.74 Å². The van der Waals surface area contributed by atoms with Crippen LogP contribution in [0.2, 0.25) is 0 Å². The van der Waals surface area contributed by atoms with Gasteiger partial charge >= 0.3 is 0 Å². The number of halogens is 1. The van der Waals surface area contributed by atoms with Crippen LogP contribution in [0.15, 0.2) is 108 Å². The molecule has 0 saturated carbocycles. The molecule has 1 spiro atoms. The van der Waals surface area contributed by atoms with Crippen LogP contribution >= 0.6 is 15.9 Å². The topological polar surface area (TPSA) is 9.23 Å². The molecule has 5 aromatic carbocycles. The van der Waals surface area contributed by atoms with Crippen molar-refractivity contribution in [2.45, 2.75) is 5.41 Å². The Morgan fingerprint density at radius 1 is 0.548 bits per heavy atom. The highest BCUT2D eigenvalue weighted by molar-refractivity contribution is 9.10. The van der Waals surface area contributed by atoms with E-state index in [0.717, 1.165) is 16.0 Å². The molecule has 7 rings (SSSR count). The molecule has 0 radical (unpaired) electrons. The largest absolute Gasteiger partial charge is 0.457 e. The van der Waals surface area contributed by atoms with Crippen molar-refractivity contribution in [1.82, 2.24) is 0 Å². The molecular formula is C29H17BrO. The first-order chi connectivity index (χ1) is 15.3. The summed E-state index contributed by atoms with van der Waals surface area (Å²) in [6, 6.07) is 36.9. The van der Waals surface area contributed by atoms with Gasteiger partial charge in [-0.2, -0.15) is 0 Å². The van der Waals surface area contributed by atoms with E-state index < -0.39 is 5.41 Å². The molecule has 1 aliphatic heterocycles. The molecule has 0 aromatic heterocycles. The van der Waals surface area contributed by atoms with E-state index >= 15 is 0 Å². The summed E-state index contributed by atoms with van der Waals surface area (Å²) in [7, 11) is 0. The zero-order chi connectivity index (χ0) is 20.6. The molecule has 5 aromatic rings. The summed E-state index contributed by atoms with van der Waals surface area (Å²) in [6.07, 6.45) is 0. The minimum atomic E-state index is -0.413. The number of rotatable bonds is 0. The molecule has 1 nitrogen and oxygen atoms in total. The number of ether oxygens (including phenoxy) is 1. The number of hydrogen-bond donors (Lipinski definition) is 0. The quantitative estimate of drug-likeness (QED) is 0.222. The summed E-state index contributed by atoms with van der Waals surface area (Å²) in [5.74, 6) is 1.85. The van der Waals surface area contributed by atoms with Crippen molar-refractivity contribution in [3.63, 3.8) is 0 Å². The zero-order valence-corrected chi connectivity index (χ0v) is 18.2. The average Bonchev–Trinajstić information content (AvgIpc) is 3.11. The van der Waals surface area contributed by atoms with Gasteiger partial charge in [0.05, 0.1) is 5.41 Å². The van der Waals surface area contributed by atoms with Gasteiger partial charge in [-0.1, -0.05) is 94.8 Å². The van der Waals surface area contributed by atoms with E-state index in [1.54, 1.807) is 0 Å². The van der Waals surface area contributed by atoms with Crippen LogP contribution in [0, 0.1) is 0 Å². The van der Waals surface area contributed by atoms with Crippen LogP contribution in [0.1, 0.15) is 22.3 Å². The third kappa shape index (κ3) is 2.11. The number of benzene rings is 5. The lowest BCUT2D eigenvalue weighted by Gasteiger charge is -2.39. The van der Waals surface area contributed by atoms with Gasteiger partial charge in [-0.15, -0.1) is 0 Å². The molecular weight excluding hydrogens is 444 g/mol. The molecule has 0 fully saturated rings. The van der Waals surface area contributed by atoms with E-state index in [4.69, 9.17) is 4.74 Å². The highest BCUT2D eigenvalue weighted by Crippen LogP contribution is 2.63. The van der Waals surface area contributed by atoms with Crippen LogP contribution in [0.4, 0.5) is 0 Å². The first kappa shape index (κ1) is 17.3. The van der Waals surface area contributed by atoms with Gasteiger partial charge in [0.1, 0.15) is 11.5 Å². The Morgan fingerprint density at radius 2 is 1.23 bits per heavy atom. The Bertz CT molecular complexity index is 1530. The van der Waals surface area contributed by atoms with E-state index in [-0.39, 0.29) is 0 Å². The third-order valence-corrected chi connectivity index (χ3v) is 7.44.